The maximum atomic E-state index is 12.1. The average molecular weight is 388 g/mol. The highest BCUT2D eigenvalue weighted by atomic mass is 35.5. The summed E-state index contributed by atoms with van der Waals surface area (Å²) >= 11 is 0. The molecule has 1 amide bonds. The molecule has 2 N–H and O–H groups in total. The SMILES string of the molecule is CC(C)CCN1Cc2cccc(NC(=O)CNCC3CC3)c2C1.Cl.Cl. The molecule has 25 heavy (non-hydrogen) atoms. The topological polar surface area (TPSA) is 44.4 Å². The lowest BCUT2D eigenvalue weighted by Gasteiger charge is -2.16. The van der Waals surface area contributed by atoms with Crippen LogP contribution in [0.15, 0.2) is 18.2 Å². The fourth-order valence-corrected chi connectivity index (χ4v) is 3.11. The molecular weight excluding hydrogens is 357 g/mol. The number of amides is 1. The van der Waals surface area contributed by atoms with Crippen LogP contribution >= 0.6 is 24.8 Å². The number of carbonyl (C=O) groups excluding carboxylic acids is 1. The van der Waals surface area contributed by atoms with Gasteiger partial charge in [-0.2, -0.15) is 0 Å². The van der Waals surface area contributed by atoms with Gasteiger partial charge in [-0.3, -0.25) is 9.69 Å². The van der Waals surface area contributed by atoms with Crippen LogP contribution in [0.4, 0.5) is 5.69 Å². The van der Waals surface area contributed by atoms with E-state index in [4.69, 9.17) is 0 Å². The molecule has 1 fully saturated rings. The molecular formula is C19H31Cl2N3O. The van der Waals surface area contributed by atoms with Crippen molar-refractivity contribution in [2.24, 2.45) is 11.8 Å². The third-order valence-corrected chi connectivity index (χ3v) is 4.76. The van der Waals surface area contributed by atoms with Crippen molar-refractivity contribution in [3.63, 3.8) is 0 Å². The zero-order valence-electron chi connectivity index (χ0n) is 15.2. The molecule has 1 aromatic rings. The number of fused-ring (bicyclic) bond motifs is 1. The molecule has 1 heterocycles. The van der Waals surface area contributed by atoms with Gasteiger partial charge in [-0.1, -0.05) is 26.0 Å². The normalized spacial score (nSPS) is 16.1. The number of hydrogen-bond donors (Lipinski definition) is 2. The summed E-state index contributed by atoms with van der Waals surface area (Å²) < 4.78 is 0. The number of nitrogens with one attached hydrogen (secondary N) is 2. The number of halogens is 2. The van der Waals surface area contributed by atoms with Crippen molar-refractivity contribution >= 4 is 36.4 Å². The molecule has 142 valence electrons. The Hall–Kier alpha value is -0.810. The van der Waals surface area contributed by atoms with Gasteiger partial charge in [0.05, 0.1) is 6.54 Å². The number of anilines is 1. The minimum atomic E-state index is 0. The molecule has 1 saturated carbocycles. The molecule has 1 aliphatic carbocycles. The highest BCUT2D eigenvalue weighted by molar-refractivity contribution is 5.93. The monoisotopic (exact) mass is 387 g/mol. The van der Waals surface area contributed by atoms with Gasteiger partial charge in [0.1, 0.15) is 0 Å². The van der Waals surface area contributed by atoms with Gasteiger partial charge in [-0.05, 0) is 61.4 Å². The second-order valence-electron chi connectivity index (χ2n) is 7.46. The zero-order valence-corrected chi connectivity index (χ0v) is 16.8. The average Bonchev–Trinajstić information content (AvgIpc) is 3.22. The molecule has 0 unspecified atom stereocenters. The summed E-state index contributed by atoms with van der Waals surface area (Å²) in [5.41, 5.74) is 3.65. The van der Waals surface area contributed by atoms with Crippen LogP contribution in [-0.2, 0) is 17.9 Å². The number of benzene rings is 1. The summed E-state index contributed by atoms with van der Waals surface area (Å²) in [6.07, 6.45) is 3.85. The van der Waals surface area contributed by atoms with E-state index in [2.05, 4.69) is 41.5 Å². The van der Waals surface area contributed by atoms with Gasteiger partial charge >= 0.3 is 0 Å². The van der Waals surface area contributed by atoms with Crippen molar-refractivity contribution in [1.29, 1.82) is 0 Å². The second kappa shape index (κ2) is 10.4. The lowest BCUT2D eigenvalue weighted by molar-refractivity contribution is -0.115. The van der Waals surface area contributed by atoms with Crippen molar-refractivity contribution in [3.05, 3.63) is 29.3 Å². The summed E-state index contributed by atoms with van der Waals surface area (Å²) in [6.45, 7) is 9.01. The van der Waals surface area contributed by atoms with E-state index in [0.29, 0.717) is 6.54 Å². The van der Waals surface area contributed by atoms with Crippen molar-refractivity contribution in [2.45, 2.75) is 46.2 Å². The first kappa shape index (κ1) is 22.2. The van der Waals surface area contributed by atoms with E-state index in [1.165, 1.54) is 30.4 Å². The van der Waals surface area contributed by atoms with Gasteiger partial charge in [0.25, 0.3) is 0 Å². The predicted molar refractivity (Wildman–Crippen MR) is 109 cm³/mol. The predicted octanol–water partition coefficient (Wildman–Crippen LogP) is 3.83. The van der Waals surface area contributed by atoms with Crippen LogP contribution in [0.2, 0.25) is 0 Å². The third-order valence-electron chi connectivity index (χ3n) is 4.76. The van der Waals surface area contributed by atoms with E-state index in [1.54, 1.807) is 0 Å². The molecule has 3 rings (SSSR count). The van der Waals surface area contributed by atoms with E-state index in [0.717, 1.165) is 43.7 Å². The summed E-state index contributed by atoms with van der Waals surface area (Å²) in [7, 11) is 0. The molecule has 0 saturated heterocycles. The first-order valence-corrected chi connectivity index (χ1v) is 8.95. The summed E-state index contributed by atoms with van der Waals surface area (Å²) in [6, 6.07) is 6.27. The van der Waals surface area contributed by atoms with E-state index < -0.39 is 0 Å². The molecule has 0 spiro atoms. The van der Waals surface area contributed by atoms with Crippen molar-refractivity contribution < 1.29 is 4.79 Å². The molecule has 1 aliphatic heterocycles. The molecule has 0 radical (unpaired) electrons. The van der Waals surface area contributed by atoms with E-state index in [9.17, 15) is 4.79 Å². The molecule has 0 aromatic heterocycles. The Bertz CT molecular complexity index is 562. The van der Waals surface area contributed by atoms with Crippen LogP contribution in [0.1, 0.15) is 44.2 Å². The fourth-order valence-electron chi connectivity index (χ4n) is 3.11. The van der Waals surface area contributed by atoms with Crippen LogP contribution in [-0.4, -0.2) is 30.4 Å². The van der Waals surface area contributed by atoms with Gasteiger partial charge in [-0.25, -0.2) is 0 Å². The van der Waals surface area contributed by atoms with E-state index >= 15 is 0 Å². The van der Waals surface area contributed by atoms with Crippen molar-refractivity contribution in [1.82, 2.24) is 10.2 Å². The quantitative estimate of drug-likeness (QED) is 0.712. The standard InChI is InChI=1S/C19H29N3O.2ClH/c1-14(2)8-9-22-12-16-4-3-5-18(17(16)13-22)21-19(23)11-20-10-15-6-7-15;;/h3-5,14-15,20H,6-13H2,1-2H3,(H,21,23);2*1H. The molecule has 2 aliphatic rings. The van der Waals surface area contributed by atoms with Crippen molar-refractivity contribution in [2.75, 3.05) is 25.0 Å². The summed E-state index contributed by atoms with van der Waals surface area (Å²) in [5, 5.41) is 6.35. The number of carbonyl (C=O) groups is 1. The van der Waals surface area contributed by atoms with E-state index in [1.807, 2.05) is 6.07 Å². The summed E-state index contributed by atoms with van der Waals surface area (Å²) in [5.74, 6) is 1.60. The minimum absolute atomic E-state index is 0. The van der Waals surface area contributed by atoms with Crippen molar-refractivity contribution in [3.8, 4) is 0 Å². The van der Waals surface area contributed by atoms with Gasteiger partial charge < -0.3 is 10.6 Å². The first-order valence-electron chi connectivity index (χ1n) is 8.95. The Morgan fingerprint density at radius 2 is 2.00 bits per heavy atom. The van der Waals surface area contributed by atoms with Crippen LogP contribution in [0, 0.1) is 11.8 Å². The van der Waals surface area contributed by atoms with Crippen LogP contribution in [0.25, 0.3) is 0 Å². The van der Waals surface area contributed by atoms with Gasteiger partial charge in [0.15, 0.2) is 0 Å². The van der Waals surface area contributed by atoms with Gasteiger partial charge in [-0.15, -0.1) is 24.8 Å². The first-order chi connectivity index (χ1) is 11.1. The Morgan fingerprint density at radius 3 is 2.68 bits per heavy atom. The lowest BCUT2D eigenvalue weighted by atomic mass is 10.1. The Balaban J connectivity index is 0.00000156. The largest absolute Gasteiger partial charge is 0.325 e. The van der Waals surface area contributed by atoms with Crippen LogP contribution in [0.5, 0.6) is 0 Å². The lowest BCUT2D eigenvalue weighted by Crippen LogP contribution is -2.29. The molecule has 0 atom stereocenters. The van der Waals surface area contributed by atoms with E-state index in [-0.39, 0.29) is 30.7 Å². The van der Waals surface area contributed by atoms with Crippen LogP contribution < -0.4 is 10.6 Å². The highest BCUT2D eigenvalue weighted by Gasteiger charge is 2.23. The Kier molecular flexibility index (Phi) is 9.22. The molecule has 1 aromatic carbocycles. The van der Waals surface area contributed by atoms with Gasteiger partial charge in [0.2, 0.25) is 5.91 Å². The third kappa shape index (κ3) is 6.78. The number of hydrogen-bond acceptors (Lipinski definition) is 3. The molecule has 4 nitrogen and oxygen atoms in total. The van der Waals surface area contributed by atoms with Gasteiger partial charge in [0, 0.05) is 18.8 Å². The number of rotatable bonds is 8. The van der Waals surface area contributed by atoms with Crippen LogP contribution in [0.3, 0.4) is 0 Å². The molecule has 0 bridgehead atoms. The maximum Gasteiger partial charge on any atom is 0.238 e. The second-order valence-corrected chi connectivity index (χ2v) is 7.46. The Labute approximate surface area is 163 Å². The highest BCUT2D eigenvalue weighted by Crippen LogP contribution is 2.30. The smallest absolute Gasteiger partial charge is 0.238 e. The Morgan fingerprint density at radius 1 is 1.24 bits per heavy atom. The molecule has 6 heteroatoms. The number of nitrogens with zero attached hydrogens (tertiary/aromatic N) is 1. The maximum absolute atomic E-state index is 12.1. The zero-order chi connectivity index (χ0) is 16.2. The minimum Gasteiger partial charge on any atom is -0.325 e. The summed E-state index contributed by atoms with van der Waals surface area (Å²) in [4.78, 5) is 14.6. The fraction of sp³-hybridized carbons (Fsp3) is 0.632.